The van der Waals surface area contributed by atoms with E-state index in [0.717, 1.165) is 24.2 Å². The summed E-state index contributed by atoms with van der Waals surface area (Å²) in [6.45, 7) is 2.67. The molecule has 1 aliphatic rings. The summed E-state index contributed by atoms with van der Waals surface area (Å²) in [6.07, 6.45) is 4.68. The first-order chi connectivity index (χ1) is 8.72. The second-order valence-electron chi connectivity index (χ2n) is 5.19. The fraction of sp³-hybridized carbons (Fsp3) is 0.538. The van der Waals surface area contributed by atoms with E-state index in [1.165, 1.54) is 12.8 Å². The van der Waals surface area contributed by atoms with Gasteiger partial charge in [0.1, 0.15) is 0 Å². The minimum absolute atomic E-state index is 0.00115. The molecule has 1 aliphatic carbocycles. The van der Waals surface area contributed by atoms with Crippen molar-refractivity contribution in [3.8, 4) is 0 Å². The van der Waals surface area contributed by atoms with Crippen LogP contribution in [-0.2, 0) is 0 Å². The van der Waals surface area contributed by atoms with E-state index in [4.69, 9.17) is 5.73 Å². The molecule has 0 atom stereocenters. The molecule has 2 heterocycles. The third-order valence-corrected chi connectivity index (χ3v) is 3.88. The monoisotopic (exact) mass is 245 g/mol. The lowest BCUT2D eigenvalue weighted by atomic mass is 9.98. The van der Waals surface area contributed by atoms with Crippen molar-refractivity contribution >= 4 is 11.6 Å². The normalized spacial score (nSPS) is 18.3. The van der Waals surface area contributed by atoms with Crippen LogP contribution in [0.25, 0.3) is 5.65 Å². The minimum atomic E-state index is -0.00115. The zero-order chi connectivity index (χ0) is 12.6. The molecule has 96 valence electrons. The molecule has 0 unspecified atom stereocenters. The van der Waals surface area contributed by atoms with Gasteiger partial charge >= 0.3 is 0 Å². The Kier molecular flexibility index (Phi) is 2.70. The predicted molar refractivity (Wildman–Crippen MR) is 71.6 cm³/mol. The molecule has 0 aliphatic heterocycles. The molecule has 0 bridgehead atoms. The first-order valence-electron chi connectivity index (χ1n) is 6.53. The maximum atomic E-state index is 5.92. The van der Waals surface area contributed by atoms with Crippen LogP contribution >= 0.6 is 0 Å². The van der Waals surface area contributed by atoms with E-state index in [9.17, 15) is 0 Å². The number of pyridine rings is 1. The van der Waals surface area contributed by atoms with Gasteiger partial charge in [0.05, 0.1) is 5.54 Å². The highest BCUT2D eigenvalue weighted by molar-refractivity contribution is 5.45. The molecule has 18 heavy (non-hydrogen) atoms. The summed E-state index contributed by atoms with van der Waals surface area (Å²) in [5.41, 5.74) is 7.88. The topological polar surface area (TPSA) is 68.2 Å². The number of nitrogens with two attached hydrogens (primary N) is 1. The van der Waals surface area contributed by atoms with Gasteiger partial charge in [0, 0.05) is 12.2 Å². The Morgan fingerprint density at radius 3 is 2.83 bits per heavy atom. The van der Waals surface area contributed by atoms with Crippen LogP contribution < -0.4 is 11.1 Å². The van der Waals surface area contributed by atoms with Crippen LogP contribution in [0.4, 0.5) is 5.95 Å². The molecule has 0 aromatic carbocycles. The average molecular weight is 245 g/mol. The highest BCUT2D eigenvalue weighted by atomic mass is 15.4. The highest BCUT2D eigenvalue weighted by Gasteiger charge is 2.33. The van der Waals surface area contributed by atoms with Gasteiger partial charge in [-0.3, -0.25) is 0 Å². The highest BCUT2D eigenvalue weighted by Crippen LogP contribution is 2.31. The van der Waals surface area contributed by atoms with Gasteiger partial charge in [0.25, 0.3) is 0 Å². The molecular weight excluding hydrogens is 226 g/mol. The summed E-state index contributed by atoms with van der Waals surface area (Å²) in [5, 5.41) is 7.96. The molecule has 0 saturated heterocycles. The van der Waals surface area contributed by atoms with E-state index in [1.54, 1.807) is 0 Å². The molecule has 3 rings (SSSR count). The van der Waals surface area contributed by atoms with Gasteiger partial charge in [-0.05, 0) is 31.9 Å². The summed E-state index contributed by atoms with van der Waals surface area (Å²) in [7, 11) is 0. The Morgan fingerprint density at radius 2 is 2.17 bits per heavy atom. The maximum absolute atomic E-state index is 5.92. The molecule has 1 fully saturated rings. The van der Waals surface area contributed by atoms with Gasteiger partial charge in [0.15, 0.2) is 5.65 Å². The number of anilines is 1. The molecule has 0 spiro atoms. The predicted octanol–water partition coefficient (Wildman–Crippen LogP) is 1.72. The van der Waals surface area contributed by atoms with Crippen LogP contribution in [0.5, 0.6) is 0 Å². The SMILES string of the molecule is Cc1cccc2nc(NC3(CN)CCCC3)nn12. The number of nitrogens with one attached hydrogen (secondary N) is 1. The molecule has 0 amide bonds. The van der Waals surface area contributed by atoms with E-state index in [2.05, 4.69) is 15.4 Å². The van der Waals surface area contributed by atoms with Gasteiger partial charge < -0.3 is 11.1 Å². The number of fused-ring (bicyclic) bond motifs is 1. The first kappa shape index (κ1) is 11.5. The van der Waals surface area contributed by atoms with Crippen molar-refractivity contribution in [2.45, 2.75) is 38.1 Å². The average Bonchev–Trinajstić information content (AvgIpc) is 2.97. The third kappa shape index (κ3) is 1.84. The molecule has 5 nitrogen and oxygen atoms in total. The van der Waals surface area contributed by atoms with E-state index in [1.807, 2.05) is 29.6 Å². The van der Waals surface area contributed by atoms with E-state index < -0.39 is 0 Å². The first-order valence-corrected chi connectivity index (χ1v) is 6.53. The zero-order valence-corrected chi connectivity index (χ0v) is 10.7. The smallest absolute Gasteiger partial charge is 0.243 e. The second-order valence-corrected chi connectivity index (χ2v) is 5.19. The van der Waals surface area contributed by atoms with Crippen LogP contribution in [0.1, 0.15) is 31.4 Å². The lowest BCUT2D eigenvalue weighted by Crippen LogP contribution is -2.43. The lowest BCUT2D eigenvalue weighted by molar-refractivity contribution is 0.489. The van der Waals surface area contributed by atoms with Gasteiger partial charge in [-0.1, -0.05) is 18.9 Å². The largest absolute Gasteiger partial charge is 0.346 e. The molecule has 2 aromatic heterocycles. The summed E-state index contributed by atoms with van der Waals surface area (Å²) in [4.78, 5) is 4.52. The Balaban J connectivity index is 1.93. The molecular formula is C13H19N5. The van der Waals surface area contributed by atoms with E-state index in [0.29, 0.717) is 12.5 Å². The number of hydrogen-bond donors (Lipinski definition) is 2. The van der Waals surface area contributed by atoms with Crippen molar-refractivity contribution in [2.24, 2.45) is 5.73 Å². The van der Waals surface area contributed by atoms with Crippen molar-refractivity contribution in [1.82, 2.24) is 14.6 Å². The molecule has 0 radical (unpaired) electrons. The van der Waals surface area contributed by atoms with Gasteiger partial charge in [-0.2, -0.15) is 4.98 Å². The lowest BCUT2D eigenvalue weighted by Gasteiger charge is -2.27. The minimum Gasteiger partial charge on any atom is -0.346 e. The summed E-state index contributed by atoms with van der Waals surface area (Å²) in [5.74, 6) is 0.691. The third-order valence-electron chi connectivity index (χ3n) is 3.88. The van der Waals surface area contributed by atoms with Gasteiger partial charge in [0.2, 0.25) is 5.95 Å². The van der Waals surface area contributed by atoms with Crippen molar-refractivity contribution in [3.05, 3.63) is 23.9 Å². The van der Waals surface area contributed by atoms with Gasteiger partial charge in [-0.25, -0.2) is 4.52 Å². The number of aromatic nitrogens is 3. The maximum Gasteiger partial charge on any atom is 0.243 e. The van der Waals surface area contributed by atoms with Crippen molar-refractivity contribution < 1.29 is 0 Å². The Labute approximate surface area is 106 Å². The summed E-state index contributed by atoms with van der Waals surface area (Å²) in [6, 6.07) is 5.99. The van der Waals surface area contributed by atoms with Crippen LogP contribution in [0.3, 0.4) is 0 Å². The Bertz CT molecular complexity index is 554. The molecule has 1 saturated carbocycles. The number of nitrogens with zero attached hydrogens (tertiary/aromatic N) is 3. The second kappa shape index (κ2) is 4.24. The summed E-state index contributed by atoms with van der Waals surface area (Å²) < 4.78 is 1.86. The zero-order valence-electron chi connectivity index (χ0n) is 10.7. The molecule has 5 heteroatoms. The number of aryl methyl sites for hydroxylation is 1. The van der Waals surface area contributed by atoms with E-state index in [-0.39, 0.29) is 5.54 Å². The fourth-order valence-corrected chi connectivity index (χ4v) is 2.76. The van der Waals surface area contributed by atoms with Crippen molar-refractivity contribution in [1.29, 1.82) is 0 Å². The number of hydrogen-bond acceptors (Lipinski definition) is 4. The molecule has 3 N–H and O–H groups in total. The molecule has 2 aromatic rings. The summed E-state index contributed by atoms with van der Waals surface area (Å²) >= 11 is 0. The van der Waals surface area contributed by atoms with Gasteiger partial charge in [-0.15, -0.1) is 5.10 Å². The van der Waals surface area contributed by atoms with Crippen LogP contribution in [0.15, 0.2) is 18.2 Å². The van der Waals surface area contributed by atoms with Crippen LogP contribution in [-0.4, -0.2) is 26.7 Å². The Morgan fingerprint density at radius 1 is 1.39 bits per heavy atom. The Hall–Kier alpha value is -1.62. The standard InChI is InChI=1S/C13H19N5/c1-10-5-4-6-11-15-12(17-18(10)11)16-13(9-14)7-2-3-8-13/h4-6H,2-3,7-9,14H2,1H3,(H,16,17). The number of rotatable bonds is 3. The van der Waals surface area contributed by atoms with E-state index >= 15 is 0 Å². The van der Waals surface area contributed by atoms with Crippen LogP contribution in [0.2, 0.25) is 0 Å². The quantitative estimate of drug-likeness (QED) is 0.864. The van der Waals surface area contributed by atoms with Crippen LogP contribution in [0, 0.1) is 6.92 Å². The van der Waals surface area contributed by atoms with Crippen molar-refractivity contribution in [2.75, 3.05) is 11.9 Å². The fourth-order valence-electron chi connectivity index (χ4n) is 2.76. The van der Waals surface area contributed by atoms with Crippen molar-refractivity contribution in [3.63, 3.8) is 0 Å².